The van der Waals surface area contributed by atoms with Crippen LogP contribution in [0.2, 0.25) is 0 Å². The highest BCUT2D eigenvalue weighted by Gasteiger charge is 2.30. The first-order valence-corrected chi connectivity index (χ1v) is 5.79. The Labute approximate surface area is 101 Å². The summed E-state index contributed by atoms with van der Waals surface area (Å²) < 4.78 is 4.90. The van der Waals surface area contributed by atoms with Gasteiger partial charge in [0.1, 0.15) is 6.61 Å². The van der Waals surface area contributed by atoms with Crippen LogP contribution in [-0.4, -0.2) is 41.0 Å². The van der Waals surface area contributed by atoms with E-state index >= 15 is 0 Å². The highest BCUT2D eigenvalue weighted by molar-refractivity contribution is 5.78. The lowest BCUT2D eigenvalue weighted by atomic mass is 10.1. The van der Waals surface area contributed by atoms with Crippen molar-refractivity contribution >= 4 is 5.91 Å². The largest absolute Gasteiger partial charge is 0.375 e. The summed E-state index contributed by atoms with van der Waals surface area (Å²) in [5.41, 5.74) is 1.76. The molecule has 2 heterocycles. The molecule has 1 unspecified atom stereocenters. The third kappa shape index (κ3) is 2.61. The van der Waals surface area contributed by atoms with E-state index in [1.54, 1.807) is 12.4 Å². The number of amides is 1. The molecule has 2 rings (SSSR count). The first-order valence-electron chi connectivity index (χ1n) is 5.79. The summed E-state index contributed by atoms with van der Waals surface area (Å²) in [6, 6.07) is 0.0602. The van der Waals surface area contributed by atoms with Crippen molar-refractivity contribution in [1.82, 2.24) is 14.9 Å². The summed E-state index contributed by atoms with van der Waals surface area (Å²) in [4.78, 5) is 22.3. The van der Waals surface area contributed by atoms with Crippen LogP contribution in [0.1, 0.15) is 30.3 Å². The number of nitrogens with zero attached hydrogens (tertiary/aromatic N) is 3. The van der Waals surface area contributed by atoms with E-state index < -0.39 is 0 Å². The Bertz CT molecular complexity index is 408. The van der Waals surface area contributed by atoms with Gasteiger partial charge < -0.3 is 9.64 Å². The number of methoxy groups -OCH3 is 1. The van der Waals surface area contributed by atoms with E-state index in [2.05, 4.69) is 9.97 Å². The van der Waals surface area contributed by atoms with Gasteiger partial charge in [0.05, 0.1) is 23.6 Å². The molecule has 1 fully saturated rings. The van der Waals surface area contributed by atoms with Crippen LogP contribution in [0.3, 0.4) is 0 Å². The second-order valence-corrected chi connectivity index (χ2v) is 4.26. The highest BCUT2D eigenvalue weighted by Crippen LogP contribution is 2.30. The average Bonchev–Trinajstić information content (AvgIpc) is 2.78. The van der Waals surface area contributed by atoms with Crippen LogP contribution in [-0.2, 0) is 9.53 Å². The van der Waals surface area contributed by atoms with E-state index in [-0.39, 0.29) is 18.6 Å². The molecule has 1 saturated heterocycles. The molecule has 1 aromatic rings. The molecular weight excluding hydrogens is 218 g/mol. The van der Waals surface area contributed by atoms with Crippen molar-refractivity contribution in [3.05, 3.63) is 23.8 Å². The molecule has 0 bridgehead atoms. The predicted molar refractivity (Wildman–Crippen MR) is 62.3 cm³/mol. The van der Waals surface area contributed by atoms with Gasteiger partial charge in [-0.3, -0.25) is 14.8 Å². The molecule has 0 N–H and O–H groups in total. The molecule has 1 aromatic heterocycles. The number of rotatable bonds is 3. The SMILES string of the molecule is COCC(=O)N1CCCC1c1cncc(C)n1. The fourth-order valence-electron chi connectivity index (χ4n) is 2.22. The van der Waals surface area contributed by atoms with Gasteiger partial charge in [-0.2, -0.15) is 0 Å². The van der Waals surface area contributed by atoms with Gasteiger partial charge >= 0.3 is 0 Å². The summed E-state index contributed by atoms with van der Waals surface area (Å²) in [6.45, 7) is 2.82. The summed E-state index contributed by atoms with van der Waals surface area (Å²) in [5.74, 6) is 0.0262. The molecule has 17 heavy (non-hydrogen) atoms. The van der Waals surface area contributed by atoms with Crippen molar-refractivity contribution in [2.75, 3.05) is 20.3 Å². The molecular formula is C12H17N3O2. The van der Waals surface area contributed by atoms with Gasteiger partial charge in [-0.05, 0) is 19.8 Å². The summed E-state index contributed by atoms with van der Waals surface area (Å²) in [5, 5.41) is 0. The monoisotopic (exact) mass is 235 g/mol. The molecule has 5 nitrogen and oxygen atoms in total. The van der Waals surface area contributed by atoms with Gasteiger partial charge in [0.15, 0.2) is 0 Å². The third-order valence-electron chi connectivity index (χ3n) is 2.96. The number of hydrogen-bond acceptors (Lipinski definition) is 4. The van der Waals surface area contributed by atoms with Crippen molar-refractivity contribution < 1.29 is 9.53 Å². The third-order valence-corrected chi connectivity index (χ3v) is 2.96. The second kappa shape index (κ2) is 5.23. The Hall–Kier alpha value is -1.49. The topological polar surface area (TPSA) is 55.3 Å². The normalized spacial score (nSPS) is 19.6. The van der Waals surface area contributed by atoms with Crippen LogP contribution in [0, 0.1) is 6.92 Å². The van der Waals surface area contributed by atoms with E-state index in [1.807, 2.05) is 11.8 Å². The number of carbonyl (C=O) groups excluding carboxylic acids is 1. The minimum absolute atomic E-state index is 0.0262. The Kier molecular flexibility index (Phi) is 3.68. The zero-order valence-electron chi connectivity index (χ0n) is 10.2. The molecule has 5 heteroatoms. The van der Waals surface area contributed by atoms with E-state index in [4.69, 9.17) is 4.74 Å². The van der Waals surface area contributed by atoms with Crippen molar-refractivity contribution in [2.24, 2.45) is 0 Å². The predicted octanol–water partition coefficient (Wildman–Crippen LogP) is 1.09. The van der Waals surface area contributed by atoms with Crippen molar-refractivity contribution in [3.8, 4) is 0 Å². The lowest BCUT2D eigenvalue weighted by molar-refractivity contribution is -0.136. The van der Waals surface area contributed by atoms with E-state index in [1.165, 1.54) is 7.11 Å². The smallest absolute Gasteiger partial charge is 0.249 e. The fraction of sp³-hybridized carbons (Fsp3) is 0.583. The maximum Gasteiger partial charge on any atom is 0.249 e. The zero-order chi connectivity index (χ0) is 12.3. The Morgan fingerprint density at radius 2 is 2.41 bits per heavy atom. The van der Waals surface area contributed by atoms with Gasteiger partial charge in [0.25, 0.3) is 0 Å². The van der Waals surface area contributed by atoms with E-state index in [9.17, 15) is 4.79 Å². The summed E-state index contributed by atoms with van der Waals surface area (Å²) >= 11 is 0. The van der Waals surface area contributed by atoms with Crippen LogP contribution in [0.15, 0.2) is 12.4 Å². The van der Waals surface area contributed by atoms with Crippen LogP contribution in [0.5, 0.6) is 0 Å². The maximum atomic E-state index is 11.9. The van der Waals surface area contributed by atoms with Crippen molar-refractivity contribution in [2.45, 2.75) is 25.8 Å². The molecule has 92 valence electrons. The quantitative estimate of drug-likeness (QED) is 0.787. The minimum Gasteiger partial charge on any atom is -0.375 e. The van der Waals surface area contributed by atoms with Gasteiger partial charge in [-0.25, -0.2) is 0 Å². The first kappa shape index (κ1) is 12.0. The molecule has 0 radical (unpaired) electrons. The van der Waals surface area contributed by atoms with Crippen molar-refractivity contribution in [3.63, 3.8) is 0 Å². The Morgan fingerprint density at radius 3 is 3.12 bits per heavy atom. The number of carbonyl (C=O) groups is 1. The lowest BCUT2D eigenvalue weighted by Crippen LogP contribution is -2.33. The maximum absolute atomic E-state index is 11.9. The second-order valence-electron chi connectivity index (χ2n) is 4.26. The zero-order valence-corrected chi connectivity index (χ0v) is 10.2. The van der Waals surface area contributed by atoms with Gasteiger partial charge in [0, 0.05) is 19.9 Å². The summed E-state index contributed by atoms with van der Waals surface area (Å²) in [6.07, 6.45) is 5.43. The molecule has 0 saturated carbocycles. The molecule has 1 atom stereocenters. The van der Waals surface area contributed by atoms with Gasteiger partial charge in [-0.1, -0.05) is 0 Å². The highest BCUT2D eigenvalue weighted by atomic mass is 16.5. The van der Waals surface area contributed by atoms with Gasteiger partial charge in [-0.15, -0.1) is 0 Å². The molecule has 0 spiro atoms. The minimum atomic E-state index is 0.0262. The molecule has 1 aliphatic heterocycles. The molecule has 0 aliphatic carbocycles. The fourth-order valence-corrected chi connectivity index (χ4v) is 2.22. The molecule has 1 amide bonds. The Morgan fingerprint density at radius 1 is 1.59 bits per heavy atom. The lowest BCUT2D eigenvalue weighted by Gasteiger charge is -2.23. The summed E-state index contributed by atoms with van der Waals surface area (Å²) in [7, 11) is 1.54. The first-order chi connectivity index (χ1) is 8.22. The van der Waals surface area contributed by atoms with Crippen LogP contribution >= 0.6 is 0 Å². The standard InChI is InChI=1S/C12H17N3O2/c1-9-6-13-7-10(14-9)11-4-3-5-15(11)12(16)8-17-2/h6-7,11H,3-5,8H2,1-2H3. The van der Waals surface area contributed by atoms with Crippen molar-refractivity contribution in [1.29, 1.82) is 0 Å². The molecule has 0 aromatic carbocycles. The Balaban J connectivity index is 2.17. The van der Waals surface area contributed by atoms with E-state index in [0.717, 1.165) is 30.8 Å². The average molecular weight is 235 g/mol. The number of hydrogen-bond donors (Lipinski definition) is 0. The number of aromatic nitrogens is 2. The van der Waals surface area contributed by atoms with Crippen LogP contribution in [0.25, 0.3) is 0 Å². The van der Waals surface area contributed by atoms with Gasteiger partial charge in [0.2, 0.25) is 5.91 Å². The van der Waals surface area contributed by atoms with Crippen LogP contribution < -0.4 is 0 Å². The van der Waals surface area contributed by atoms with E-state index in [0.29, 0.717) is 0 Å². The molecule has 1 aliphatic rings. The van der Waals surface area contributed by atoms with Crippen LogP contribution in [0.4, 0.5) is 0 Å². The number of ether oxygens (including phenoxy) is 1. The number of likely N-dealkylation sites (tertiary alicyclic amines) is 1. The number of aryl methyl sites for hydroxylation is 1.